The van der Waals surface area contributed by atoms with Gasteiger partial charge in [-0.05, 0) is 37.7 Å². The predicted molar refractivity (Wildman–Crippen MR) is 74.3 cm³/mol. The molecule has 0 saturated carbocycles. The second-order valence-corrected chi connectivity index (χ2v) is 4.84. The average Bonchev–Trinajstić information content (AvgIpc) is 2.73. The lowest BCUT2D eigenvalue weighted by Crippen LogP contribution is -2.44. The molecule has 0 bridgehead atoms. The summed E-state index contributed by atoms with van der Waals surface area (Å²) in [5.41, 5.74) is 0.805. The maximum absolute atomic E-state index is 12.2. The van der Waals surface area contributed by atoms with Crippen molar-refractivity contribution >= 4 is 29.1 Å². The standard InChI is InChI=1S/C13H16ClN3O2/c1-15-8-12(18)16-11-6-7-17(13(11)19)10-4-2-9(14)3-5-10/h2-5,11,15H,6-8H2,1H3,(H,16,18). The van der Waals surface area contributed by atoms with Crippen molar-refractivity contribution < 1.29 is 9.59 Å². The molecule has 2 rings (SSSR count). The van der Waals surface area contributed by atoms with E-state index in [-0.39, 0.29) is 18.4 Å². The van der Waals surface area contributed by atoms with Crippen LogP contribution in [0.4, 0.5) is 5.69 Å². The van der Waals surface area contributed by atoms with Crippen LogP contribution in [0.3, 0.4) is 0 Å². The molecule has 6 heteroatoms. The van der Waals surface area contributed by atoms with E-state index in [0.29, 0.717) is 18.0 Å². The van der Waals surface area contributed by atoms with E-state index in [1.165, 1.54) is 0 Å². The van der Waals surface area contributed by atoms with Gasteiger partial charge in [-0.2, -0.15) is 0 Å². The number of likely N-dealkylation sites (N-methyl/N-ethyl adjacent to an activating group) is 1. The van der Waals surface area contributed by atoms with Crippen LogP contribution in [0.5, 0.6) is 0 Å². The predicted octanol–water partition coefficient (Wildman–Crippen LogP) is 0.781. The molecule has 19 heavy (non-hydrogen) atoms. The second kappa shape index (κ2) is 6.04. The molecule has 1 saturated heterocycles. The first-order chi connectivity index (χ1) is 9.11. The fourth-order valence-electron chi connectivity index (χ4n) is 2.10. The Balaban J connectivity index is 2.01. The van der Waals surface area contributed by atoms with Crippen LogP contribution in [0.25, 0.3) is 0 Å². The van der Waals surface area contributed by atoms with Crippen molar-refractivity contribution in [3.05, 3.63) is 29.3 Å². The summed E-state index contributed by atoms with van der Waals surface area (Å²) < 4.78 is 0. The van der Waals surface area contributed by atoms with Gasteiger partial charge < -0.3 is 15.5 Å². The maximum atomic E-state index is 12.2. The lowest BCUT2D eigenvalue weighted by atomic mass is 10.2. The third-order valence-corrected chi connectivity index (χ3v) is 3.27. The first-order valence-corrected chi connectivity index (χ1v) is 6.50. The Hall–Kier alpha value is -1.59. The van der Waals surface area contributed by atoms with Gasteiger partial charge in [0.15, 0.2) is 0 Å². The fraction of sp³-hybridized carbons (Fsp3) is 0.385. The molecule has 1 heterocycles. The summed E-state index contributed by atoms with van der Waals surface area (Å²) in [6.07, 6.45) is 0.622. The quantitative estimate of drug-likeness (QED) is 0.857. The van der Waals surface area contributed by atoms with Crippen LogP contribution in [0.15, 0.2) is 24.3 Å². The minimum atomic E-state index is -0.434. The van der Waals surface area contributed by atoms with Crippen LogP contribution >= 0.6 is 11.6 Å². The van der Waals surface area contributed by atoms with Crippen molar-refractivity contribution in [1.82, 2.24) is 10.6 Å². The van der Waals surface area contributed by atoms with Crippen molar-refractivity contribution in [3.8, 4) is 0 Å². The SMILES string of the molecule is CNCC(=O)NC1CCN(c2ccc(Cl)cc2)C1=O. The third kappa shape index (κ3) is 3.24. The zero-order valence-corrected chi connectivity index (χ0v) is 11.4. The van der Waals surface area contributed by atoms with Gasteiger partial charge in [0, 0.05) is 17.3 Å². The summed E-state index contributed by atoms with van der Waals surface area (Å²) in [5, 5.41) is 6.11. The zero-order valence-electron chi connectivity index (χ0n) is 10.6. The molecular formula is C13H16ClN3O2. The highest BCUT2D eigenvalue weighted by atomic mass is 35.5. The molecule has 0 aliphatic carbocycles. The van der Waals surface area contributed by atoms with E-state index in [0.717, 1.165) is 5.69 Å². The average molecular weight is 282 g/mol. The normalized spacial score (nSPS) is 18.7. The number of halogens is 1. The lowest BCUT2D eigenvalue weighted by molar-refractivity contribution is -0.125. The number of rotatable bonds is 4. The number of anilines is 1. The van der Waals surface area contributed by atoms with Crippen molar-refractivity contribution in [2.24, 2.45) is 0 Å². The van der Waals surface area contributed by atoms with Crippen LogP contribution in [0, 0.1) is 0 Å². The topological polar surface area (TPSA) is 61.4 Å². The van der Waals surface area contributed by atoms with Crippen molar-refractivity contribution in [1.29, 1.82) is 0 Å². The molecule has 0 aromatic heterocycles. The molecule has 1 atom stereocenters. The Morgan fingerprint density at radius 2 is 2.11 bits per heavy atom. The minimum Gasteiger partial charge on any atom is -0.343 e. The number of benzene rings is 1. The number of hydrogen-bond donors (Lipinski definition) is 2. The van der Waals surface area contributed by atoms with Crippen molar-refractivity contribution in [2.45, 2.75) is 12.5 Å². The molecule has 1 unspecified atom stereocenters. The molecule has 1 aliphatic rings. The molecule has 0 spiro atoms. The highest BCUT2D eigenvalue weighted by Crippen LogP contribution is 2.23. The summed E-state index contributed by atoms with van der Waals surface area (Å²) in [5.74, 6) is -0.245. The summed E-state index contributed by atoms with van der Waals surface area (Å²) >= 11 is 5.82. The largest absolute Gasteiger partial charge is 0.343 e. The molecule has 1 fully saturated rings. The number of nitrogens with one attached hydrogen (secondary N) is 2. The van der Waals surface area contributed by atoms with Crippen molar-refractivity contribution in [3.63, 3.8) is 0 Å². The van der Waals surface area contributed by atoms with Gasteiger partial charge in [-0.3, -0.25) is 9.59 Å². The summed E-state index contributed by atoms with van der Waals surface area (Å²) in [7, 11) is 1.69. The van der Waals surface area contributed by atoms with Gasteiger partial charge in [0.25, 0.3) is 0 Å². The van der Waals surface area contributed by atoms with E-state index in [2.05, 4.69) is 10.6 Å². The Bertz CT molecular complexity index is 475. The van der Waals surface area contributed by atoms with E-state index in [4.69, 9.17) is 11.6 Å². The minimum absolute atomic E-state index is 0.0771. The van der Waals surface area contributed by atoms with Crippen molar-refractivity contribution in [2.75, 3.05) is 25.0 Å². The maximum Gasteiger partial charge on any atom is 0.249 e. The van der Waals surface area contributed by atoms with Crippen LogP contribution in [-0.4, -0.2) is 38.0 Å². The monoisotopic (exact) mass is 281 g/mol. The Labute approximate surface area is 116 Å². The molecular weight excluding hydrogens is 266 g/mol. The zero-order chi connectivity index (χ0) is 13.8. The Morgan fingerprint density at radius 3 is 2.74 bits per heavy atom. The van der Waals surface area contributed by atoms with E-state index in [1.54, 1.807) is 36.2 Å². The van der Waals surface area contributed by atoms with E-state index in [1.807, 2.05) is 0 Å². The second-order valence-electron chi connectivity index (χ2n) is 4.41. The van der Waals surface area contributed by atoms with Gasteiger partial charge in [0.05, 0.1) is 6.54 Å². The number of hydrogen-bond acceptors (Lipinski definition) is 3. The number of amides is 2. The van der Waals surface area contributed by atoms with Gasteiger partial charge in [-0.25, -0.2) is 0 Å². The molecule has 2 amide bonds. The van der Waals surface area contributed by atoms with E-state index < -0.39 is 6.04 Å². The van der Waals surface area contributed by atoms with Crippen LogP contribution in [0.1, 0.15) is 6.42 Å². The van der Waals surface area contributed by atoms with E-state index >= 15 is 0 Å². The number of carbonyl (C=O) groups is 2. The molecule has 102 valence electrons. The Kier molecular flexibility index (Phi) is 4.39. The Morgan fingerprint density at radius 1 is 1.42 bits per heavy atom. The molecule has 2 N–H and O–H groups in total. The fourth-order valence-corrected chi connectivity index (χ4v) is 2.22. The highest BCUT2D eigenvalue weighted by Gasteiger charge is 2.33. The van der Waals surface area contributed by atoms with Gasteiger partial charge in [-0.15, -0.1) is 0 Å². The smallest absolute Gasteiger partial charge is 0.249 e. The van der Waals surface area contributed by atoms with Crippen LogP contribution in [0.2, 0.25) is 5.02 Å². The first kappa shape index (κ1) is 13.8. The van der Waals surface area contributed by atoms with Crippen LogP contribution < -0.4 is 15.5 Å². The van der Waals surface area contributed by atoms with E-state index in [9.17, 15) is 9.59 Å². The molecule has 1 aromatic carbocycles. The summed E-state index contributed by atoms with van der Waals surface area (Å²) in [6.45, 7) is 0.815. The van der Waals surface area contributed by atoms with Gasteiger partial charge >= 0.3 is 0 Å². The number of nitrogens with zero attached hydrogens (tertiary/aromatic N) is 1. The molecule has 1 aliphatic heterocycles. The van der Waals surface area contributed by atoms with Gasteiger partial charge in [-0.1, -0.05) is 11.6 Å². The van der Waals surface area contributed by atoms with Crippen LogP contribution in [-0.2, 0) is 9.59 Å². The molecule has 1 aromatic rings. The molecule has 0 radical (unpaired) electrons. The van der Waals surface area contributed by atoms with Gasteiger partial charge in [0.2, 0.25) is 11.8 Å². The summed E-state index contributed by atoms with van der Waals surface area (Å²) in [4.78, 5) is 25.3. The highest BCUT2D eigenvalue weighted by molar-refractivity contribution is 6.30. The lowest BCUT2D eigenvalue weighted by Gasteiger charge is -2.17. The number of carbonyl (C=O) groups excluding carboxylic acids is 2. The summed E-state index contributed by atoms with van der Waals surface area (Å²) in [6, 6.07) is 6.67. The first-order valence-electron chi connectivity index (χ1n) is 6.12. The third-order valence-electron chi connectivity index (χ3n) is 3.02. The van der Waals surface area contributed by atoms with Gasteiger partial charge in [0.1, 0.15) is 6.04 Å². The molecule has 5 nitrogen and oxygen atoms in total.